The van der Waals surface area contributed by atoms with Crippen LogP contribution in [-0.4, -0.2) is 32.3 Å². The molecule has 1 aliphatic heterocycles. The molecule has 0 saturated heterocycles. The van der Waals surface area contributed by atoms with Gasteiger partial charge in [-0.3, -0.25) is 14.4 Å². The van der Waals surface area contributed by atoms with Crippen molar-refractivity contribution in [2.24, 2.45) is 4.99 Å². The summed E-state index contributed by atoms with van der Waals surface area (Å²) in [6.45, 7) is 5.26. The van der Waals surface area contributed by atoms with Crippen LogP contribution in [0.15, 0.2) is 64.8 Å². The lowest BCUT2D eigenvalue weighted by molar-refractivity contribution is 0.413. The van der Waals surface area contributed by atoms with Crippen molar-refractivity contribution >= 4 is 6.08 Å². The largest absolute Gasteiger partial charge is 0.495 e. The molecule has 1 unspecified atom stereocenters. The maximum absolute atomic E-state index is 13.6. The molecular formula is C26H26FN5O2. The molecule has 0 bridgehead atoms. The second kappa shape index (κ2) is 8.78. The smallest absolute Gasteiger partial charge is 0.277 e. The molecule has 1 aliphatic rings. The first-order chi connectivity index (χ1) is 16.5. The lowest BCUT2D eigenvalue weighted by Crippen LogP contribution is -2.35. The molecule has 0 aliphatic carbocycles. The molecule has 0 fully saturated rings. The third-order valence-corrected chi connectivity index (χ3v) is 6.22. The summed E-state index contributed by atoms with van der Waals surface area (Å²) in [6, 6.07) is 11.8. The molecule has 0 saturated carbocycles. The average molecular weight is 460 g/mol. The second-order valence-electron chi connectivity index (χ2n) is 8.47. The number of imidazole rings is 2. The van der Waals surface area contributed by atoms with Crippen molar-refractivity contribution < 1.29 is 9.13 Å². The number of hydrogen-bond donors (Lipinski definition) is 0. The summed E-state index contributed by atoms with van der Waals surface area (Å²) in [6.07, 6.45) is 6.43. The summed E-state index contributed by atoms with van der Waals surface area (Å²) in [5.41, 5.74) is 4.02. The summed E-state index contributed by atoms with van der Waals surface area (Å²) in [4.78, 5) is 22.6. The van der Waals surface area contributed by atoms with Crippen molar-refractivity contribution in [1.29, 1.82) is 0 Å². The molecule has 1 atom stereocenters. The van der Waals surface area contributed by atoms with E-state index in [-0.39, 0.29) is 17.4 Å². The van der Waals surface area contributed by atoms with Crippen LogP contribution in [0.3, 0.4) is 0 Å². The predicted molar refractivity (Wildman–Crippen MR) is 128 cm³/mol. The van der Waals surface area contributed by atoms with Crippen LogP contribution in [0.25, 0.3) is 11.8 Å². The SMILES string of the molecule is COc1cc(/C=c2/c(=O)n(C(C)c3ccc(F)cc3)c3n2CCCN=3)ccc1-n1cnc(C)c1. The number of halogens is 1. The molecule has 5 rings (SSSR count). The van der Waals surface area contributed by atoms with Gasteiger partial charge in [0.2, 0.25) is 5.62 Å². The highest BCUT2D eigenvalue weighted by Crippen LogP contribution is 2.25. The number of nitrogens with zero attached hydrogens (tertiary/aromatic N) is 5. The molecule has 174 valence electrons. The van der Waals surface area contributed by atoms with Gasteiger partial charge in [-0.1, -0.05) is 18.2 Å². The molecule has 4 aromatic rings. The van der Waals surface area contributed by atoms with E-state index >= 15 is 0 Å². The van der Waals surface area contributed by atoms with Gasteiger partial charge in [0, 0.05) is 19.3 Å². The molecule has 0 spiro atoms. The Labute approximate surface area is 196 Å². The fourth-order valence-electron chi connectivity index (χ4n) is 4.44. The van der Waals surface area contributed by atoms with Gasteiger partial charge in [0.1, 0.15) is 16.9 Å². The van der Waals surface area contributed by atoms with Gasteiger partial charge in [0.05, 0.1) is 30.9 Å². The lowest BCUT2D eigenvalue weighted by atomic mass is 10.1. The number of ether oxygens (including phenoxy) is 1. The van der Waals surface area contributed by atoms with E-state index in [1.165, 1.54) is 12.1 Å². The van der Waals surface area contributed by atoms with E-state index in [4.69, 9.17) is 4.74 Å². The van der Waals surface area contributed by atoms with E-state index in [0.29, 0.717) is 29.8 Å². The molecule has 0 radical (unpaired) electrons. The van der Waals surface area contributed by atoms with Gasteiger partial charge in [-0.05, 0) is 61.7 Å². The zero-order valence-corrected chi connectivity index (χ0v) is 19.4. The first-order valence-corrected chi connectivity index (χ1v) is 11.3. The number of rotatable bonds is 5. The molecule has 34 heavy (non-hydrogen) atoms. The number of methoxy groups -OCH3 is 1. The molecule has 8 heteroatoms. The Balaban J connectivity index is 1.64. The van der Waals surface area contributed by atoms with Crippen LogP contribution in [0.1, 0.15) is 36.2 Å². The van der Waals surface area contributed by atoms with E-state index < -0.39 is 0 Å². The van der Waals surface area contributed by atoms with Crippen LogP contribution >= 0.6 is 0 Å². The summed E-state index contributed by atoms with van der Waals surface area (Å²) < 4.78 is 24.7. The molecule has 7 nitrogen and oxygen atoms in total. The van der Waals surface area contributed by atoms with Crippen LogP contribution in [0.4, 0.5) is 4.39 Å². The standard InChI is InChI=1S/C26H26FN5O2/c1-17-15-30(16-29-17)22-10-5-19(14-24(22)34-3)13-23-25(33)32(26-28-11-4-12-31(23)26)18(2)20-6-8-21(27)9-7-20/h5-10,13-16,18H,4,11-12H2,1-3H3/b23-13-. The minimum Gasteiger partial charge on any atom is -0.495 e. The minimum atomic E-state index is -0.302. The van der Waals surface area contributed by atoms with Crippen LogP contribution in [0.5, 0.6) is 5.75 Å². The first kappa shape index (κ1) is 21.9. The summed E-state index contributed by atoms with van der Waals surface area (Å²) in [5.74, 6) is 0.380. The van der Waals surface area contributed by atoms with Crippen molar-refractivity contribution in [1.82, 2.24) is 18.7 Å². The Bertz CT molecular complexity index is 1530. The van der Waals surface area contributed by atoms with Crippen LogP contribution in [0, 0.1) is 12.7 Å². The molecule has 3 heterocycles. The van der Waals surface area contributed by atoms with E-state index in [1.54, 1.807) is 30.1 Å². The quantitative estimate of drug-likeness (QED) is 0.461. The summed E-state index contributed by atoms with van der Waals surface area (Å²) >= 11 is 0. The van der Waals surface area contributed by atoms with Crippen molar-refractivity contribution in [3.8, 4) is 11.4 Å². The highest BCUT2D eigenvalue weighted by Gasteiger charge is 2.20. The Morgan fingerprint density at radius 2 is 1.97 bits per heavy atom. The summed E-state index contributed by atoms with van der Waals surface area (Å²) in [5, 5.41) is 0.570. The third kappa shape index (κ3) is 3.85. The Hall–Kier alpha value is -3.94. The van der Waals surface area contributed by atoms with Crippen molar-refractivity contribution in [2.75, 3.05) is 13.7 Å². The minimum absolute atomic E-state index is 0.120. The van der Waals surface area contributed by atoms with E-state index in [9.17, 15) is 9.18 Å². The maximum Gasteiger partial charge on any atom is 0.277 e. The second-order valence-corrected chi connectivity index (χ2v) is 8.47. The Morgan fingerprint density at radius 3 is 2.68 bits per heavy atom. The summed E-state index contributed by atoms with van der Waals surface area (Å²) in [7, 11) is 1.63. The van der Waals surface area contributed by atoms with E-state index in [2.05, 4.69) is 9.98 Å². The Kier molecular flexibility index (Phi) is 5.65. The van der Waals surface area contributed by atoms with Gasteiger partial charge >= 0.3 is 0 Å². The highest BCUT2D eigenvalue weighted by molar-refractivity contribution is 5.58. The van der Waals surface area contributed by atoms with Gasteiger partial charge in [0.25, 0.3) is 5.56 Å². The van der Waals surface area contributed by atoms with Gasteiger partial charge in [-0.15, -0.1) is 0 Å². The molecular weight excluding hydrogens is 433 g/mol. The number of benzene rings is 2. The molecule has 2 aromatic heterocycles. The third-order valence-electron chi connectivity index (χ3n) is 6.22. The molecule has 2 aromatic carbocycles. The number of aryl methyl sites for hydroxylation is 1. The van der Waals surface area contributed by atoms with E-state index in [0.717, 1.165) is 28.9 Å². The maximum atomic E-state index is 13.6. The highest BCUT2D eigenvalue weighted by atomic mass is 19.1. The van der Waals surface area contributed by atoms with Crippen molar-refractivity contribution in [3.05, 3.63) is 98.9 Å². The van der Waals surface area contributed by atoms with Crippen LogP contribution in [0.2, 0.25) is 0 Å². The normalized spacial score (nSPS) is 14.5. The number of aromatic nitrogens is 4. The van der Waals surface area contributed by atoms with Gasteiger partial charge in [-0.2, -0.15) is 0 Å². The molecule has 0 amide bonds. The van der Waals surface area contributed by atoms with Crippen LogP contribution < -0.4 is 21.3 Å². The monoisotopic (exact) mass is 459 g/mol. The fraction of sp³-hybridized carbons (Fsp3) is 0.269. The van der Waals surface area contributed by atoms with Crippen molar-refractivity contribution in [2.45, 2.75) is 32.9 Å². The van der Waals surface area contributed by atoms with Crippen molar-refractivity contribution in [3.63, 3.8) is 0 Å². The number of fused-ring (bicyclic) bond motifs is 1. The Morgan fingerprint density at radius 1 is 1.18 bits per heavy atom. The zero-order valence-electron chi connectivity index (χ0n) is 19.4. The zero-order chi connectivity index (χ0) is 23.8. The van der Waals surface area contributed by atoms with Gasteiger partial charge in [-0.25, -0.2) is 9.37 Å². The number of hydrogen-bond acceptors (Lipinski definition) is 4. The lowest BCUT2D eigenvalue weighted by Gasteiger charge is -2.15. The average Bonchev–Trinajstić information content (AvgIpc) is 3.40. The molecule has 0 N–H and O–H groups in total. The van der Waals surface area contributed by atoms with Gasteiger partial charge in [0.15, 0.2) is 0 Å². The van der Waals surface area contributed by atoms with Gasteiger partial charge < -0.3 is 13.9 Å². The first-order valence-electron chi connectivity index (χ1n) is 11.3. The fourth-order valence-corrected chi connectivity index (χ4v) is 4.44. The topological polar surface area (TPSA) is 66.3 Å². The van der Waals surface area contributed by atoms with Crippen LogP contribution in [-0.2, 0) is 6.54 Å². The van der Waals surface area contributed by atoms with E-state index in [1.807, 2.05) is 53.5 Å². The predicted octanol–water partition coefficient (Wildman–Crippen LogP) is 2.75.